The molecule has 2 unspecified atom stereocenters. The van der Waals surface area contributed by atoms with Gasteiger partial charge in [-0.3, -0.25) is 0 Å². The summed E-state index contributed by atoms with van der Waals surface area (Å²) >= 11 is 0. The molecule has 1 saturated carbocycles. The average Bonchev–Trinajstić information content (AvgIpc) is 2.50. The predicted octanol–water partition coefficient (Wildman–Crippen LogP) is 4.26. The summed E-state index contributed by atoms with van der Waals surface area (Å²) in [4.78, 5) is 0. The van der Waals surface area contributed by atoms with Gasteiger partial charge in [-0.05, 0) is 61.1 Å². The van der Waals surface area contributed by atoms with Crippen molar-refractivity contribution in [3.05, 3.63) is 29.8 Å². The summed E-state index contributed by atoms with van der Waals surface area (Å²) in [7, 11) is 0. The van der Waals surface area contributed by atoms with Gasteiger partial charge in [0.2, 0.25) is 0 Å². The second-order valence-corrected chi connectivity index (χ2v) is 7.70. The molecule has 0 aliphatic heterocycles. The molecule has 0 spiro atoms. The molecule has 112 valence electrons. The van der Waals surface area contributed by atoms with Gasteiger partial charge in [0.05, 0.1) is 0 Å². The van der Waals surface area contributed by atoms with Crippen LogP contribution in [0.15, 0.2) is 24.3 Å². The molecular formula is C18H29NO. The summed E-state index contributed by atoms with van der Waals surface area (Å²) in [6, 6.07) is 7.54. The summed E-state index contributed by atoms with van der Waals surface area (Å²) in [5.74, 6) is 1.12. The second kappa shape index (κ2) is 5.77. The number of hydrogen-bond acceptors (Lipinski definition) is 2. The maximum Gasteiger partial charge on any atom is 0.115 e. The van der Waals surface area contributed by atoms with E-state index in [2.05, 4.69) is 26.8 Å². The molecule has 2 atom stereocenters. The van der Waals surface area contributed by atoms with Gasteiger partial charge in [-0.1, -0.05) is 39.3 Å². The molecule has 0 amide bonds. The largest absolute Gasteiger partial charge is 0.508 e. The fraction of sp³-hybridized carbons (Fsp3) is 0.667. The van der Waals surface area contributed by atoms with Crippen molar-refractivity contribution >= 4 is 0 Å². The van der Waals surface area contributed by atoms with Crippen LogP contribution in [0.4, 0.5) is 0 Å². The van der Waals surface area contributed by atoms with E-state index in [1.165, 1.54) is 19.3 Å². The molecule has 1 aliphatic rings. The minimum atomic E-state index is -0.103. The maximum absolute atomic E-state index is 9.59. The smallest absolute Gasteiger partial charge is 0.115 e. The highest BCUT2D eigenvalue weighted by Gasteiger charge is 2.33. The summed E-state index contributed by atoms with van der Waals surface area (Å²) in [6.45, 7) is 7.03. The molecule has 1 fully saturated rings. The maximum atomic E-state index is 9.59. The van der Waals surface area contributed by atoms with Crippen molar-refractivity contribution in [2.75, 3.05) is 0 Å². The van der Waals surface area contributed by atoms with Crippen molar-refractivity contribution in [2.24, 2.45) is 17.1 Å². The summed E-state index contributed by atoms with van der Waals surface area (Å²) in [5, 5.41) is 9.59. The summed E-state index contributed by atoms with van der Waals surface area (Å²) in [5.41, 5.74) is 8.10. The zero-order valence-corrected chi connectivity index (χ0v) is 13.2. The van der Waals surface area contributed by atoms with Crippen LogP contribution in [-0.2, 0) is 6.42 Å². The van der Waals surface area contributed by atoms with E-state index in [0.29, 0.717) is 11.2 Å². The molecule has 2 heteroatoms. The van der Waals surface area contributed by atoms with Crippen LogP contribution in [0.25, 0.3) is 0 Å². The Kier molecular flexibility index (Phi) is 4.43. The highest BCUT2D eigenvalue weighted by molar-refractivity contribution is 5.28. The minimum absolute atomic E-state index is 0.103. The Balaban J connectivity index is 2.04. The minimum Gasteiger partial charge on any atom is -0.508 e. The van der Waals surface area contributed by atoms with E-state index < -0.39 is 0 Å². The van der Waals surface area contributed by atoms with Crippen LogP contribution in [0.1, 0.15) is 58.4 Å². The molecule has 0 bridgehead atoms. The third-order valence-corrected chi connectivity index (χ3v) is 4.91. The summed E-state index contributed by atoms with van der Waals surface area (Å²) in [6.07, 6.45) is 6.79. The molecule has 3 N–H and O–H groups in total. The quantitative estimate of drug-likeness (QED) is 0.792. The lowest BCUT2D eigenvalue weighted by molar-refractivity contribution is 0.210. The first kappa shape index (κ1) is 15.4. The van der Waals surface area contributed by atoms with Crippen molar-refractivity contribution in [2.45, 2.75) is 64.8 Å². The Hall–Kier alpha value is -1.02. The lowest BCUT2D eigenvalue weighted by Crippen LogP contribution is -2.41. The normalized spacial score (nSPS) is 28.1. The molecule has 0 radical (unpaired) electrons. The van der Waals surface area contributed by atoms with Crippen molar-refractivity contribution < 1.29 is 5.11 Å². The highest BCUT2D eigenvalue weighted by atomic mass is 16.3. The van der Waals surface area contributed by atoms with Crippen LogP contribution in [0.5, 0.6) is 5.75 Å². The number of hydrogen-bond donors (Lipinski definition) is 2. The number of phenols is 1. The van der Waals surface area contributed by atoms with E-state index >= 15 is 0 Å². The Morgan fingerprint density at radius 1 is 1.25 bits per heavy atom. The molecule has 1 aromatic rings. The first-order valence-electron chi connectivity index (χ1n) is 7.85. The van der Waals surface area contributed by atoms with Crippen molar-refractivity contribution in [1.82, 2.24) is 0 Å². The van der Waals surface area contributed by atoms with Crippen LogP contribution >= 0.6 is 0 Å². The fourth-order valence-corrected chi connectivity index (χ4v) is 3.55. The average molecular weight is 275 g/mol. The van der Waals surface area contributed by atoms with E-state index in [9.17, 15) is 5.11 Å². The van der Waals surface area contributed by atoms with Crippen LogP contribution in [-0.4, -0.2) is 10.6 Å². The van der Waals surface area contributed by atoms with Gasteiger partial charge in [-0.25, -0.2) is 0 Å². The number of aromatic hydroxyl groups is 1. The lowest BCUT2D eigenvalue weighted by atomic mass is 9.76. The standard InChI is InChI=1S/C18H29NO/c1-17(2,3)15-7-5-10-18(19,11-9-15)13-14-6-4-8-16(20)12-14/h4,6,8,12,15,20H,5,7,9-11,13,19H2,1-3H3. The van der Waals surface area contributed by atoms with Crippen LogP contribution < -0.4 is 5.73 Å². The van der Waals surface area contributed by atoms with Crippen molar-refractivity contribution in [3.8, 4) is 5.75 Å². The Labute approximate surface area is 123 Å². The number of nitrogens with two attached hydrogens (primary N) is 1. The molecule has 0 aromatic heterocycles. The van der Waals surface area contributed by atoms with Gasteiger partial charge in [0.25, 0.3) is 0 Å². The van der Waals surface area contributed by atoms with E-state index in [4.69, 9.17) is 5.73 Å². The Morgan fingerprint density at radius 2 is 2.00 bits per heavy atom. The SMILES string of the molecule is CC(C)(C)C1CCCC(N)(Cc2cccc(O)c2)CC1. The van der Waals surface area contributed by atoms with E-state index in [-0.39, 0.29) is 5.54 Å². The van der Waals surface area contributed by atoms with E-state index in [1.807, 2.05) is 12.1 Å². The monoisotopic (exact) mass is 275 g/mol. The topological polar surface area (TPSA) is 46.2 Å². The third-order valence-electron chi connectivity index (χ3n) is 4.91. The van der Waals surface area contributed by atoms with Gasteiger partial charge in [0.1, 0.15) is 5.75 Å². The fourth-order valence-electron chi connectivity index (χ4n) is 3.55. The number of benzene rings is 1. The lowest BCUT2D eigenvalue weighted by Gasteiger charge is -2.31. The summed E-state index contributed by atoms with van der Waals surface area (Å²) < 4.78 is 0. The molecule has 0 heterocycles. The molecule has 0 saturated heterocycles. The van der Waals surface area contributed by atoms with Crippen LogP contribution in [0.2, 0.25) is 0 Å². The van der Waals surface area contributed by atoms with Gasteiger partial charge >= 0.3 is 0 Å². The zero-order chi connectivity index (χ0) is 14.8. The molecular weight excluding hydrogens is 246 g/mol. The first-order chi connectivity index (χ1) is 9.28. The van der Waals surface area contributed by atoms with Gasteiger partial charge < -0.3 is 10.8 Å². The molecule has 1 aromatic carbocycles. The van der Waals surface area contributed by atoms with Gasteiger partial charge in [-0.15, -0.1) is 0 Å². The Morgan fingerprint density at radius 3 is 2.65 bits per heavy atom. The molecule has 1 aliphatic carbocycles. The van der Waals surface area contributed by atoms with Crippen molar-refractivity contribution in [1.29, 1.82) is 0 Å². The van der Waals surface area contributed by atoms with E-state index in [1.54, 1.807) is 6.07 Å². The number of phenolic OH excluding ortho intramolecular Hbond substituents is 1. The molecule has 20 heavy (non-hydrogen) atoms. The van der Waals surface area contributed by atoms with Gasteiger partial charge in [-0.2, -0.15) is 0 Å². The van der Waals surface area contributed by atoms with Gasteiger partial charge in [0, 0.05) is 5.54 Å². The van der Waals surface area contributed by atoms with E-state index in [0.717, 1.165) is 30.7 Å². The highest BCUT2D eigenvalue weighted by Crippen LogP contribution is 2.40. The third kappa shape index (κ3) is 3.99. The zero-order valence-electron chi connectivity index (χ0n) is 13.2. The molecule has 2 nitrogen and oxygen atoms in total. The molecule has 2 rings (SSSR count). The Bertz CT molecular complexity index is 449. The second-order valence-electron chi connectivity index (χ2n) is 7.70. The first-order valence-corrected chi connectivity index (χ1v) is 7.85. The van der Waals surface area contributed by atoms with Crippen molar-refractivity contribution in [3.63, 3.8) is 0 Å². The van der Waals surface area contributed by atoms with Gasteiger partial charge in [0.15, 0.2) is 0 Å². The van der Waals surface area contributed by atoms with Crippen LogP contribution in [0.3, 0.4) is 0 Å². The van der Waals surface area contributed by atoms with Crippen LogP contribution in [0, 0.1) is 11.3 Å². The predicted molar refractivity (Wildman–Crippen MR) is 84.8 cm³/mol. The number of rotatable bonds is 2.